The molecule has 3 aromatic rings. The van der Waals surface area contributed by atoms with Gasteiger partial charge in [-0.1, -0.05) is 41.6 Å². The van der Waals surface area contributed by atoms with Gasteiger partial charge in [-0.3, -0.25) is 4.79 Å². The minimum Gasteiger partial charge on any atom is -0.365 e. The zero-order valence-electron chi connectivity index (χ0n) is 13.8. The highest BCUT2D eigenvalue weighted by Gasteiger charge is 2.08. The standard InChI is InChI=1S/C19H20N2O3S/c22-19(20-10-4-8-15-6-2-1-3-7-15)14-23-13-16-12-17(24-21-16)18-9-5-11-25-18/h1-3,5-7,9,11-12H,4,8,10,13-14H2,(H,20,22). The van der Waals surface area contributed by atoms with Gasteiger partial charge in [0, 0.05) is 12.6 Å². The Morgan fingerprint density at radius 3 is 2.88 bits per heavy atom. The lowest BCUT2D eigenvalue weighted by Crippen LogP contribution is -2.28. The molecule has 1 aromatic carbocycles. The van der Waals surface area contributed by atoms with Crippen molar-refractivity contribution in [1.82, 2.24) is 10.5 Å². The Balaban J connectivity index is 1.30. The van der Waals surface area contributed by atoms with Gasteiger partial charge in [-0.05, 0) is 29.9 Å². The summed E-state index contributed by atoms with van der Waals surface area (Å²) in [6.07, 6.45) is 1.86. The van der Waals surface area contributed by atoms with Gasteiger partial charge >= 0.3 is 0 Å². The van der Waals surface area contributed by atoms with E-state index in [1.807, 2.05) is 41.8 Å². The number of carbonyl (C=O) groups excluding carboxylic acids is 1. The first-order valence-electron chi connectivity index (χ1n) is 8.19. The highest BCUT2D eigenvalue weighted by molar-refractivity contribution is 7.13. The molecule has 0 atom stereocenters. The summed E-state index contributed by atoms with van der Waals surface area (Å²) in [4.78, 5) is 12.8. The number of nitrogens with zero attached hydrogens (tertiary/aromatic N) is 1. The maximum Gasteiger partial charge on any atom is 0.246 e. The minimum atomic E-state index is -0.116. The van der Waals surface area contributed by atoms with Crippen molar-refractivity contribution in [3.05, 3.63) is 65.2 Å². The number of hydrogen-bond acceptors (Lipinski definition) is 5. The fourth-order valence-electron chi connectivity index (χ4n) is 2.38. The molecule has 0 aliphatic heterocycles. The molecule has 6 heteroatoms. The molecule has 0 unspecified atom stereocenters. The first kappa shape index (κ1) is 17.4. The third-order valence-corrected chi connectivity index (χ3v) is 4.50. The van der Waals surface area contributed by atoms with Gasteiger partial charge in [0.05, 0.1) is 11.5 Å². The Labute approximate surface area is 150 Å². The molecule has 3 rings (SSSR count). The van der Waals surface area contributed by atoms with Gasteiger partial charge < -0.3 is 14.6 Å². The first-order valence-corrected chi connectivity index (χ1v) is 9.07. The topological polar surface area (TPSA) is 64.4 Å². The zero-order chi connectivity index (χ0) is 17.3. The van der Waals surface area contributed by atoms with E-state index in [-0.39, 0.29) is 19.1 Å². The summed E-state index contributed by atoms with van der Waals surface area (Å²) in [5.41, 5.74) is 1.96. The van der Waals surface area contributed by atoms with E-state index in [1.54, 1.807) is 11.3 Å². The molecule has 0 bridgehead atoms. The Hall–Kier alpha value is -2.44. The van der Waals surface area contributed by atoms with Crippen LogP contribution in [0.2, 0.25) is 0 Å². The van der Waals surface area contributed by atoms with Gasteiger partial charge in [0.15, 0.2) is 5.76 Å². The molecule has 130 valence electrons. The van der Waals surface area contributed by atoms with Crippen LogP contribution in [-0.4, -0.2) is 24.2 Å². The summed E-state index contributed by atoms with van der Waals surface area (Å²) in [6.45, 7) is 0.919. The summed E-state index contributed by atoms with van der Waals surface area (Å²) in [5, 5.41) is 8.80. The van der Waals surface area contributed by atoms with Crippen LogP contribution < -0.4 is 5.32 Å². The molecule has 0 saturated heterocycles. The van der Waals surface area contributed by atoms with Crippen molar-refractivity contribution in [2.75, 3.05) is 13.2 Å². The number of aryl methyl sites for hydroxylation is 1. The van der Waals surface area contributed by atoms with Gasteiger partial charge in [0.2, 0.25) is 5.91 Å². The molecule has 2 heterocycles. The van der Waals surface area contributed by atoms with Gasteiger partial charge in [-0.15, -0.1) is 11.3 Å². The van der Waals surface area contributed by atoms with Crippen molar-refractivity contribution in [2.45, 2.75) is 19.4 Å². The molecule has 0 fully saturated rings. The third-order valence-electron chi connectivity index (χ3n) is 3.61. The van der Waals surface area contributed by atoms with E-state index in [9.17, 15) is 4.79 Å². The molecule has 0 radical (unpaired) electrons. The number of thiophene rings is 1. The molecule has 1 N–H and O–H groups in total. The molecule has 2 aromatic heterocycles. The largest absolute Gasteiger partial charge is 0.365 e. The van der Waals surface area contributed by atoms with Crippen LogP contribution in [0.4, 0.5) is 0 Å². The van der Waals surface area contributed by atoms with E-state index >= 15 is 0 Å². The molecule has 0 aliphatic carbocycles. The van der Waals surface area contributed by atoms with Crippen molar-refractivity contribution >= 4 is 17.2 Å². The second kappa shape index (κ2) is 9.15. The van der Waals surface area contributed by atoms with Crippen LogP contribution in [0, 0.1) is 0 Å². The Morgan fingerprint density at radius 2 is 2.08 bits per heavy atom. The summed E-state index contributed by atoms with van der Waals surface area (Å²) in [6, 6.07) is 16.0. The maximum absolute atomic E-state index is 11.8. The molecular formula is C19H20N2O3S. The van der Waals surface area contributed by atoms with Crippen molar-refractivity contribution in [1.29, 1.82) is 0 Å². The van der Waals surface area contributed by atoms with Gasteiger partial charge in [0.1, 0.15) is 12.3 Å². The Bertz CT molecular complexity index is 769. The van der Waals surface area contributed by atoms with Crippen LogP contribution in [-0.2, 0) is 22.6 Å². The number of ether oxygens (including phenoxy) is 1. The predicted molar refractivity (Wildman–Crippen MR) is 97.2 cm³/mol. The van der Waals surface area contributed by atoms with Crippen molar-refractivity contribution < 1.29 is 14.1 Å². The second-order valence-corrected chi connectivity index (χ2v) is 6.54. The van der Waals surface area contributed by atoms with Crippen LogP contribution in [0.15, 0.2) is 58.4 Å². The number of nitrogens with one attached hydrogen (secondary N) is 1. The summed E-state index contributed by atoms with van der Waals surface area (Å²) in [5.74, 6) is 0.606. The highest BCUT2D eigenvalue weighted by atomic mass is 32.1. The molecule has 25 heavy (non-hydrogen) atoms. The average Bonchev–Trinajstić information content (AvgIpc) is 3.31. The molecular weight excluding hydrogens is 336 g/mol. The first-order chi connectivity index (χ1) is 12.3. The Morgan fingerprint density at radius 1 is 1.20 bits per heavy atom. The Kier molecular flexibility index (Phi) is 6.36. The maximum atomic E-state index is 11.8. The van der Waals surface area contributed by atoms with E-state index in [1.165, 1.54) is 5.56 Å². The molecule has 0 saturated carbocycles. The third kappa shape index (κ3) is 5.55. The number of aromatic nitrogens is 1. The number of amides is 1. The molecule has 0 spiro atoms. The molecule has 0 aliphatic rings. The number of carbonyl (C=O) groups is 1. The highest BCUT2D eigenvalue weighted by Crippen LogP contribution is 2.25. The van der Waals surface area contributed by atoms with Crippen molar-refractivity contribution in [3.8, 4) is 10.6 Å². The average molecular weight is 356 g/mol. The predicted octanol–water partition coefficient (Wildman–Crippen LogP) is 3.67. The molecule has 1 amide bonds. The van der Waals surface area contributed by atoms with Crippen LogP contribution in [0.25, 0.3) is 10.6 Å². The summed E-state index contributed by atoms with van der Waals surface area (Å²) < 4.78 is 10.7. The quantitative estimate of drug-likeness (QED) is 0.594. The minimum absolute atomic E-state index is 0.0204. The van der Waals surface area contributed by atoms with Gasteiger partial charge in [0.25, 0.3) is 0 Å². The van der Waals surface area contributed by atoms with Gasteiger partial charge in [-0.2, -0.15) is 0 Å². The lowest BCUT2D eigenvalue weighted by molar-refractivity contribution is -0.126. The molecule has 5 nitrogen and oxygen atoms in total. The number of rotatable bonds is 9. The van der Waals surface area contributed by atoms with Crippen LogP contribution >= 0.6 is 11.3 Å². The summed E-state index contributed by atoms with van der Waals surface area (Å²) >= 11 is 1.59. The zero-order valence-corrected chi connectivity index (χ0v) is 14.6. The van der Waals surface area contributed by atoms with Crippen LogP contribution in [0.5, 0.6) is 0 Å². The van der Waals surface area contributed by atoms with Crippen molar-refractivity contribution in [2.24, 2.45) is 0 Å². The van der Waals surface area contributed by atoms with E-state index < -0.39 is 0 Å². The van der Waals surface area contributed by atoms with Gasteiger partial charge in [-0.25, -0.2) is 0 Å². The van der Waals surface area contributed by atoms with Crippen LogP contribution in [0.3, 0.4) is 0 Å². The normalized spacial score (nSPS) is 10.7. The van der Waals surface area contributed by atoms with E-state index in [0.29, 0.717) is 12.2 Å². The van der Waals surface area contributed by atoms with E-state index in [2.05, 4.69) is 22.6 Å². The smallest absolute Gasteiger partial charge is 0.246 e. The second-order valence-electron chi connectivity index (χ2n) is 5.59. The van der Waals surface area contributed by atoms with Crippen LogP contribution in [0.1, 0.15) is 17.7 Å². The fourth-order valence-corrected chi connectivity index (χ4v) is 3.05. The monoisotopic (exact) mass is 356 g/mol. The number of hydrogen-bond donors (Lipinski definition) is 1. The number of benzene rings is 1. The lowest BCUT2D eigenvalue weighted by Gasteiger charge is -2.05. The summed E-state index contributed by atoms with van der Waals surface area (Å²) in [7, 11) is 0. The van der Waals surface area contributed by atoms with Crippen molar-refractivity contribution in [3.63, 3.8) is 0 Å². The lowest BCUT2D eigenvalue weighted by atomic mass is 10.1. The van der Waals surface area contributed by atoms with E-state index in [0.717, 1.165) is 23.5 Å². The van der Waals surface area contributed by atoms with E-state index in [4.69, 9.17) is 9.26 Å². The SMILES string of the molecule is O=C(COCc1cc(-c2cccs2)on1)NCCCc1ccccc1. The fraction of sp³-hybridized carbons (Fsp3) is 0.263.